The van der Waals surface area contributed by atoms with Gasteiger partial charge < -0.3 is 25.1 Å². The van der Waals surface area contributed by atoms with Crippen LogP contribution in [0.1, 0.15) is 77.3 Å². The molecule has 8 nitrogen and oxygen atoms in total. The van der Waals surface area contributed by atoms with Gasteiger partial charge in [-0.1, -0.05) is 55.5 Å². The number of aromatic nitrogens is 1. The van der Waals surface area contributed by atoms with E-state index in [1.54, 1.807) is 0 Å². The first kappa shape index (κ1) is 33.8. The number of ketones is 1. The summed E-state index contributed by atoms with van der Waals surface area (Å²) in [6.45, 7) is 8.08. The molecule has 0 aliphatic carbocycles. The zero-order valence-corrected chi connectivity index (χ0v) is 26.4. The number of H-pyrrole nitrogens is 1. The number of benzene rings is 2. The number of aromatic amines is 1. The lowest BCUT2D eigenvalue weighted by atomic mass is 9.90. The zero-order valence-electron chi connectivity index (χ0n) is 26.4. The van der Waals surface area contributed by atoms with Gasteiger partial charge in [-0.05, 0) is 82.9 Å². The Hall–Kier alpha value is -3.65. The molecule has 0 aliphatic rings. The van der Waals surface area contributed by atoms with Crippen LogP contribution in [0.3, 0.4) is 0 Å². The summed E-state index contributed by atoms with van der Waals surface area (Å²) in [7, 11) is 1.37. The minimum Gasteiger partial charge on any atom is -0.469 e. The van der Waals surface area contributed by atoms with Crippen LogP contribution in [0, 0.1) is 5.92 Å². The lowest BCUT2D eigenvalue weighted by Crippen LogP contribution is -2.44. The van der Waals surface area contributed by atoms with E-state index >= 15 is 0 Å². The predicted molar refractivity (Wildman–Crippen MR) is 171 cm³/mol. The van der Waals surface area contributed by atoms with E-state index in [1.165, 1.54) is 12.7 Å². The van der Waals surface area contributed by atoms with E-state index in [1.807, 2.05) is 69.4 Å². The molecule has 234 valence electrons. The number of alkyl carbamates (subject to hydrolysis) is 1. The smallest absolute Gasteiger partial charge is 0.407 e. The fourth-order valence-electron chi connectivity index (χ4n) is 5.35. The summed E-state index contributed by atoms with van der Waals surface area (Å²) in [6.07, 6.45) is 6.73. The summed E-state index contributed by atoms with van der Waals surface area (Å²) in [5.74, 6) is -0.956. The molecule has 0 saturated heterocycles. The third kappa shape index (κ3) is 11.5. The summed E-state index contributed by atoms with van der Waals surface area (Å²) >= 11 is 0. The summed E-state index contributed by atoms with van der Waals surface area (Å²) < 4.78 is 10.5. The van der Waals surface area contributed by atoms with Crippen LogP contribution < -0.4 is 10.6 Å². The molecule has 1 amide bonds. The topological polar surface area (TPSA) is 110 Å². The Morgan fingerprint density at radius 3 is 2.37 bits per heavy atom. The van der Waals surface area contributed by atoms with Crippen molar-refractivity contribution in [3.05, 3.63) is 71.9 Å². The first-order valence-corrected chi connectivity index (χ1v) is 15.5. The molecule has 0 radical (unpaired) electrons. The number of esters is 1. The summed E-state index contributed by atoms with van der Waals surface area (Å²) in [5, 5.41) is 7.48. The molecule has 0 bridgehead atoms. The largest absolute Gasteiger partial charge is 0.469 e. The molecule has 0 spiro atoms. The minimum absolute atomic E-state index is 0.00787. The van der Waals surface area contributed by atoms with Crippen molar-refractivity contribution in [3.8, 4) is 0 Å². The van der Waals surface area contributed by atoms with Crippen LogP contribution in [-0.4, -0.2) is 54.2 Å². The van der Waals surface area contributed by atoms with Crippen molar-refractivity contribution in [1.82, 2.24) is 15.6 Å². The molecule has 3 N–H and O–H groups in total. The van der Waals surface area contributed by atoms with Crippen molar-refractivity contribution in [2.45, 2.75) is 96.7 Å². The number of methoxy groups -OCH3 is 1. The van der Waals surface area contributed by atoms with Crippen molar-refractivity contribution in [2.24, 2.45) is 5.92 Å². The van der Waals surface area contributed by atoms with E-state index in [0.717, 1.165) is 42.1 Å². The molecule has 1 unspecified atom stereocenters. The number of nitrogens with one attached hydrogen (secondary N) is 3. The van der Waals surface area contributed by atoms with E-state index < -0.39 is 23.7 Å². The number of para-hydroxylation sites is 1. The maximum absolute atomic E-state index is 13.9. The lowest BCUT2D eigenvalue weighted by Gasteiger charge is -2.26. The number of rotatable bonds is 17. The highest BCUT2D eigenvalue weighted by Crippen LogP contribution is 2.24. The third-order valence-electron chi connectivity index (χ3n) is 7.65. The van der Waals surface area contributed by atoms with Crippen molar-refractivity contribution in [2.75, 3.05) is 13.7 Å². The fourth-order valence-corrected chi connectivity index (χ4v) is 5.35. The van der Waals surface area contributed by atoms with Gasteiger partial charge in [-0.15, -0.1) is 0 Å². The molecule has 3 atom stereocenters. The number of amides is 1. The van der Waals surface area contributed by atoms with E-state index in [9.17, 15) is 14.4 Å². The van der Waals surface area contributed by atoms with E-state index in [0.29, 0.717) is 25.8 Å². The molecule has 0 fully saturated rings. The normalized spacial score (nSPS) is 13.7. The lowest BCUT2D eigenvalue weighted by molar-refractivity contribution is -0.147. The highest BCUT2D eigenvalue weighted by molar-refractivity contribution is 5.89. The first-order chi connectivity index (χ1) is 20.6. The molecule has 3 aromatic rings. The van der Waals surface area contributed by atoms with Gasteiger partial charge in [0, 0.05) is 36.1 Å². The predicted octanol–water partition coefficient (Wildman–Crippen LogP) is 6.52. The number of hydrogen-bond donors (Lipinski definition) is 3. The van der Waals surface area contributed by atoms with Crippen LogP contribution in [0.5, 0.6) is 0 Å². The molecule has 1 heterocycles. The minimum atomic E-state index is -0.584. The SMILES string of the molecule is CCC(CCc1ccccc1)N[C@@H](CCCCNC(=O)OC(C)(C)C)C(=O)C[C@@H](Cc1c[nH]c2ccccc12)C(=O)OC. The first-order valence-electron chi connectivity index (χ1n) is 15.5. The second-order valence-electron chi connectivity index (χ2n) is 12.2. The van der Waals surface area contributed by atoms with Crippen LogP contribution >= 0.6 is 0 Å². The fraction of sp³-hybridized carbons (Fsp3) is 0.514. The summed E-state index contributed by atoms with van der Waals surface area (Å²) in [5.41, 5.74) is 2.70. The zero-order chi connectivity index (χ0) is 31.2. The number of carbonyl (C=O) groups is 3. The quantitative estimate of drug-likeness (QED) is 0.122. The van der Waals surface area contributed by atoms with Crippen LogP contribution in [0.4, 0.5) is 4.79 Å². The molecular formula is C35H49N3O5. The molecule has 0 saturated carbocycles. The van der Waals surface area contributed by atoms with Gasteiger partial charge in [0.2, 0.25) is 0 Å². The standard InChI is InChI=1S/C35H49N3O5/c1-6-28(20-19-25-14-8-7-9-15-25)38-31(18-12-13-21-36-34(41)43-35(2,3)4)32(39)23-26(33(40)42-5)22-27-24-37-30-17-11-10-16-29(27)30/h7-11,14-17,24,26,28,31,37-38H,6,12-13,18-23H2,1-5H3,(H,36,41)/t26-,28?,31+/m1/s1. The van der Waals surface area contributed by atoms with Crippen LogP contribution in [-0.2, 0) is 31.9 Å². The summed E-state index contributed by atoms with van der Waals surface area (Å²) in [4.78, 5) is 42.0. The highest BCUT2D eigenvalue weighted by Gasteiger charge is 2.29. The molecule has 8 heteroatoms. The van der Waals surface area contributed by atoms with Gasteiger partial charge in [0.25, 0.3) is 0 Å². The van der Waals surface area contributed by atoms with Crippen LogP contribution in [0.25, 0.3) is 10.9 Å². The number of aryl methyl sites for hydroxylation is 1. The molecule has 2 aromatic carbocycles. The number of carbonyl (C=O) groups excluding carboxylic acids is 3. The number of hydrogen-bond acceptors (Lipinski definition) is 6. The maximum Gasteiger partial charge on any atom is 0.407 e. The van der Waals surface area contributed by atoms with Gasteiger partial charge in [0.15, 0.2) is 5.78 Å². The van der Waals surface area contributed by atoms with Crippen molar-refractivity contribution in [1.29, 1.82) is 0 Å². The average molecular weight is 592 g/mol. The maximum atomic E-state index is 13.9. The Kier molecular flexibility index (Phi) is 13.3. The van der Waals surface area contributed by atoms with E-state index in [4.69, 9.17) is 9.47 Å². The Morgan fingerprint density at radius 2 is 1.67 bits per heavy atom. The Balaban J connectivity index is 1.67. The van der Waals surface area contributed by atoms with Crippen LogP contribution in [0.2, 0.25) is 0 Å². The Labute approximate surface area is 256 Å². The van der Waals surface area contributed by atoms with Gasteiger partial charge in [0.1, 0.15) is 5.60 Å². The third-order valence-corrected chi connectivity index (χ3v) is 7.65. The number of unbranched alkanes of at least 4 members (excludes halogenated alkanes) is 1. The highest BCUT2D eigenvalue weighted by atomic mass is 16.6. The van der Waals surface area contributed by atoms with Gasteiger partial charge >= 0.3 is 12.1 Å². The molecule has 1 aromatic heterocycles. The second-order valence-corrected chi connectivity index (χ2v) is 12.2. The van der Waals surface area contributed by atoms with Crippen molar-refractivity contribution in [3.63, 3.8) is 0 Å². The van der Waals surface area contributed by atoms with E-state index in [2.05, 4.69) is 34.7 Å². The van der Waals surface area contributed by atoms with Gasteiger partial charge in [-0.2, -0.15) is 0 Å². The number of ether oxygens (including phenoxy) is 2. The van der Waals surface area contributed by atoms with Gasteiger partial charge in [-0.25, -0.2) is 4.79 Å². The van der Waals surface area contributed by atoms with Crippen LogP contribution in [0.15, 0.2) is 60.8 Å². The average Bonchev–Trinajstić information content (AvgIpc) is 3.39. The Bertz CT molecular complexity index is 1300. The number of Topliss-reactive ketones (excluding diaryl/α,β-unsaturated/α-hetero) is 1. The van der Waals surface area contributed by atoms with Crippen molar-refractivity contribution < 1.29 is 23.9 Å². The van der Waals surface area contributed by atoms with Gasteiger partial charge in [-0.3, -0.25) is 9.59 Å². The Morgan fingerprint density at radius 1 is 0.953 bits per heavy atom. The molecule has 3 rings (SSSR count). The summed E-state index contributed by atoms with van der Waals surface area (Å²) in [6, 6.07) is 18.0. The molecular weight excluding hydrogens is 542 g/mol. The second kappa shape index (κ2) is 16.8. The molecule has 0 aliphatic heterocycles. The molecule has 43 heavy (non-hydrogen) atoms. The van der Waals surface area contributed by atoms with Gasteiger partial charge in [0.05, 0.1) is 19.1 Å². The number of fused-ring (bicyclic) bond motifs is 1. The monoisotopic (exact) mass is 591 g/mol. The van der Waals surface area contributed by atoms with Crippen molar-refractivity contribution >= 4 is 28.7 Å². The van der Waals surface area contributed by atoms with E-state index in [-0.39, 0.29) is 24.2 Å².